The molecule has 2 nitrogen and oxygen atoms in total. The standard InChI is InChI=1S/C14H20N2/c15-11-14(12-3-7-16-8-4-12)9-13(10-14)5-1-2-6-13/h3-4,7-8H,1-2,5-6,9-11,15H2. The van der Waals surface area contributed by atoms with Gasteiger partial charge in [0, 0.05) is 24.4 Å². The van der Waals surface area contributed by atoms with Crippen LogP contribution >= 0.6 is 0 Å². The first-order chi connectivity index (χ1) is 7.79. The van der Waals surface area contributed by atoms with Crippen LogP contribution in [-0.2, 0) is 5.41 Å². The summed E-state index contributed by atoms with van der Waals surface area (Å²) in [6, 6.07) is 4.29. The number of rotatable bonds is 2. The van der Waals surface area contributed by atoms with Crippen LogP contribution in [0, 0.1) is 5.41 Å². The number of nitrogens with zero attached hydrogens (tertiary/aromatic N) is 1. The molecule has 0 bridgehead atoms. The molecule has 2 heteroatoms. The highest BCUT2D eigenvalue weighted by atomic mass is 14.7. The van der Waals surface area contributed by atoms with E-state index in [1.807, 2.05) is 12.4 Å². The molecule has 2 N–H and O–H groups in total. The van der Waals surface area contributed by atoms with Gasteiger partial charge in [0.1, 0.15) is 0 Å². The fraction of sp³-hybridized carbons (Fsp3) is 0.643. The van der Waals surface area contributed by atoms with Crippen LogP contribution in [-0.4, -0.2) is 11.5 Å². The maximum atomic E-state index is 6.03. The molecular formula is C14H20N2. The van der Waals surface area contributed by atoms with Crippen molar-refractivity contribution in [2.24, 2.45) is 11.1 Å². The van der Waals surface area contributed by atoms with Crippen LogP contribution in [0.15, 0.2) is 24.5 Å². The van der Waals surface area contributed by atoms with Crippen molar-refractivity contribution in [2.45, 2.75) is 43.9 Å². The maximum Gasteiger partial charge on any atom is 0.0270 e. The van der Waals surface area contributed by atoms with Crippen LogP contribution in [0.1, 0.15) is 44.1 Å². The molecule has 1 aromatic heterocycles. The Morgan fingerprint density at radius 1 is 1.12 bits per heavy atom. The predicted octanol–water partition coefficient (Wildman–Crippen LogP) is 2.63. The largest absolute Gasteiger partial charge is 0.330 e. The number of hydrogen-bond donors (Lipinski definition) is 1. The predicted molar refractivity (Wildman–Crippen MR) is 65.1 cm³/mol. The Hall–Kier alpha value is -0.890. The minimum atomic E-state index is 0.271. The highest BCUT2D eigenvalue weighted by molar-refractivity contribution is 5.30. The van der Waals surface area contributed by atoms with Crippen molar-refractivity contribution in [3.63, 3.8) is 0 Å². The first-order valence-electron chi connectivity index (χ1n) is 6.39. The van der Waals surface area contributed by atoms with E-state index in [1.165, 1.54) is 44.1 Å². The van der Waals surface area contributed by atoms with Gasteiger partial charge in [0.05, 0.1) is 0 Å². The summed E-state index contributed by atoms with van der Waals surface area (Å²) in [5, 5.41) is 0. The van der Waals surface area contributed by atoms with Crippen molar-refractivity contribution in [2.75, 3.05) is 6.54 Å². The lowest BCUT2D eigenvalue weighted by atomic mass is 9.50. The molecule has 1 heterocycles. The van der Waals surface area contributed by atoms with Gasteiger partial charge in [-0.2, -0.15) is 0 Å². The summed E-state index contributed by atoms with van der Waals surface area (Å²) in [6.45, 7) is 0.790. The van der Waals surface area contributed by atoms with Gasteiger partial charge in [-0.05, 0) is 48.8 Å². The van der Waals surface area contributed by atoms with E-state index in [9.17, 15) is 0 Å². The minimum Gasteiger partial charge on any atom is -0.330 e. The number of nitrogens with two attached hydrogens (primary N) is 1. The smallest absolute Gasteiger partial charge is 0.0270 e. The van der Waals surface area contributed by atoms with Crippen molar-refractivity contribution in [3.8, 4) is 0 Å². The molecule has 2 aliphatic rings. The third-order valence-electron chi connectivity index (χ3n) is 4.77. The Morgan fingerprint density at radius 2 is 1.75 bits per heavy atom. The Bertz CT molecular complexity index is 358. The van der Waals surface area contributed by atoms with Gasteiger partial charge in [-0.3, -0.25) is 4.98 Å². The molecule has 3 rings (SSSR count). The summed E-state index contributed by atoms with van der Waals surface area (Å²) in [4.78, 5) is 4.10. The van der Waals surface area contributed by atoms with E-state index in [2.05, 4.69) is 17.1 Å². The summed E-state index contributed by atoms with van der Waals surface area (Å²) in [5.41, 5.74) is 8.36. The fourth-order valence-corrected chi connectivity index (χ4v) is 4.03. The second-order valence-corrected chi connectivity index (χ2v) is 5.78. The third kappa shape index (κ3) is 1.40. The summed E-state index contributed by atoms with van der Waals surface area (Å²) >= 11 is 0. The Morgan fingerprint density at radius 3 is 2.31 bits per heavy atom. The Labute approximate surface area is 97.3 Å². The number of pyridine rings is 1. The van der Waals surface area contributed by atoms with Crippen LogP contribution in [0.25, 0.3) is 0 Å². The maximum absolute atomic E-state index is 6.03. The molecule has 16 heavy (non-hydrogen) atoms. The van der Waals surface area contributed by atoms with Gasteiger partial charge >= 0.3 is 0 Å². The molecule has 0 unspecified atom stereocenters. The molecule has 0 radical (unpaired) electrons. The van der Waals surface area contributed by atoms with Crippen molar-refractivity contribution in [1.82, 2.24) is 4.98 Å². The van der Waals surface area contributed by atoms with Crippen LogP contribution in [0.4, 0.5) is 0 Å². The van der Waals surface area contributed by atoms with E-state index >= 15 is 0 Å². The Balaban J connectivity index is 1.83. The van der Waals surface area contributed by atoms with Crippen LogP contribution < -0.4 is 5.73 Å². The van der Waals surface area contributed by atoms with Crippen molar-refractivity contribution in [3.05, 3.63) is 30.1 Å². The molecule has 0 amide bonds. The second-order valence-electron chi connectivity index (χ2n) is 5.78. The third-order valence-corrected chi connectivity index (χ3v) is 4.77. The van der Waals surface area contributed by atoms with Gasteiger partial charge in [0.15, 0.2) is 0 Å². The second kappa shape index (κ2) is 3.56. The summed E-state index contributed by atoms with van der Waals surface area (Å²) in [6.07, 6.45) is 12.1. The highest BCUT2D eigenvalue weighted by Gasteiger charge is 2.54. The Kier molecular flexibility index (Phi) is 2.28. The molecule has 1 aromatic rings. The van der Waals surface area contributed by atoms with E-state index in [1.54, 1.807) is 0 Å². The van der Waals surface area contributed by atoms with Gasteiger partial charge in [-0.1, -0.05) is 12.8 Å². The zero-order chi connectivity index (χ0) is 11.1. The minimum absolute atomic E-state index is 0.271. The van der Waals surface area contributed by atoms with Gasteiger partial charge < -0.3 is 5.73 Å². The van der Waals surface area contributed by atoms with Gasteiger partial charge in [-0.15, -0.1) is 0 Å². The van der Waals surface area contributed by atoms with Crippen molar-refractivity contribution < 1.29 is 0 Å². The normalized spacial score (nSPS) is 25.6. The molecule has 86 valence electrons. The van der Waals surface area contributed by atoms with E-state index < -0.39 is 0 Å². The molecule has 2 aliphatic carbocycles. The molecule has 0 atom stereocenters. The van der Waals surface area contributed by atoms with E-state index in [0.717, 1.165) is 6.54 Å². The zero-order valence-electron chi connectivity index (χ0n) is 9.78. The summed E-state index contributed by atoms with van der Waals surface area (Å²) in [7, 11) is 0. The quantitative estimate of drug-likeness (QED) is 0.825. The monoisotopic (exact) mass is 216 g/mol. The molecule has 0 aliphatic heterocycles. The molecular weight excluding hydrogens is 196 g/mol. The van der Waals surface area contributed by atoms with Crippen molar-refractivity contribution >= 4 is 0 Å². The van der Waals surface area contributed by atoms with Crippen molar-refractivity contribution in [1.29, 1.82) is 0 Å². The average molecular weight is 216 g/mol. The highest BCUT2D eigenvalue weighted by Crippen LogP contribution is 2.62. The van der Waals surface area contributed by atoms with Crippen LogP contribution in [0.2, 0.25) is 0 Å². The molecule has 0 saturated heterocycles. The van der Waals surface area contributed by atoms with Gasteiger partial charge in [-0.25, -0.2) is 0 Å². The summed E-state index contributed by atoms with van der Waals surface area (Å²) in [5.74, 6) is 0. The van der Waals surface area contributed by atoms with E-state index in [-0.39, 0.29) is 5.41 Å². The topological polar surface area (TPSA) is 38.9 Å². The van der Waals surface area contributed by atoms with Gasteiger partial charge in [0.2, 0.25) is 0 Å². The SMILES string of the molecule is NCC1(c2ccncc2)CC2(CCCC2)C1. The van der Waals surface area contributed by atoms with E-state index in [0.29, 0.717) is 5.41 Å². The lowest BCUT2D eigenvalue weighted by Gasteiger charge is -2.55. The average Bonchev–Trinajstić information content (AvgIpc) is 2.76. The number of hydrogen-bond acceptors (Lipinski definition) is 2. The first kappa shape index (κ1) is 10.3. The van der Waals surface area contributed by atoms with Crippen LogP contribution in [0.5, 0.6) is 0 Å². The molecule has 2 saturated carbocycles. The van der Waals surface area contributed by atoms with E-state index in [4.69, 9.17) is 5.73 Å². The fourth-order valence-electron chi connectivity index (χ4n) is 4.03. The molecule has 1 spiro atoms. The summed E-state index contributed by atoms with van der Waals surface area (Å²) < 4.78 is 0. The first-order valence-corrected chi connectivity index (χ1v) is 6.39. The lowest BCUT2D eigenvalue weighted by molar-refractivity contribution is 0.0328. The molecule has 0 aromatic carbocycles. The zero-order valence-corrected chi connectivity index (χ0v) is 9.78. The lowest BCUT2D eigenvalue weighted by Crippen LogP contribution is -2.52. The molecule has 2 fully saturated rings. The van der Waals surface area contributed by atoms with Crippen LogP contribution in [0.3, 0.4) is 0 Å². The van der Waals surface area contributed by atoms with Gasteiger partial charge in [0.25, 0.3) is 0 Å². The number of aromatic nitrogens is 1.